The first-order chi connectivity index (χ1) is 50.9. The van der Waals surface area contributed by atoms with Gasteiger partial charge in [0.2, 0.25) is 0 Å². The van der Waals surface area contributed by atoms with Crippen molar-refractivity contribution < 1.29 is 0 Å². The van der Waals surface area contributed by atoms with Crippen LogP contribution in [0.4, 0.5) is 5.69 Å². The summed E-state index contributed by atoms with van der Waals surface area (Å²) in [5, 5.41) is 2.42. The molecule has 8 heteroatoms. The summed E-state index contributed by atoms with van der Waals surface area (Å²) in [4.78, 5) is 38.8. The van der Waals surface area contributed by atoms with E-state index in [0.717, 1.165) is 123 Å². The highest BCUT2D eigenvalue weighted by atomic mass is 15.0. The lowest BCUT2D eigenvalue weighted by atomic mass is 9.88. The van der Waals surface area contributed by atoms with Crippen LogP contribution in [-0.2, 0) is 0 Å². The molecular formula is C95H64N8. The minimum Gasteiger partial charge on any atom is -0.238 e. The van der Waals surface area contributed by atoms with Crippen LogP contribution in [0, 0.1) is 13.5 Å². The highest BCUT2D eigenvalue weighted by Crippen LogP contribution is 2.43. The Morgan fingerprint density at radius 2 is 0.466 bits per heavy atom. The molecule has 0 amide bonds. The molecule has 0 radical (unpaired) electrons. The molecular weight excluding hydrogens is 1250 g/mol. The molecule has 0 saturated carbocycles. The molecule has 0 atom stereocenters. The largest absolute Gasteiger partial charge is 0.238 e. The fraction of sp³-hybridized carbons (Fsp3) is 0.0105. The second-order valence-corrected chi connectivity index (χ2v) is 25.0. The fourth-order valence-electron chi connectivity index (χ4n) is 13.2. The van der Waals surface area contributed by atoms with Crippen molar-refractivity contribution in [3.8, 4) is 158 Å². The number of hydrogen-bond donors (Lipinski definition) is 0. The highest BCUT2D eigenvalue weighted by Gasteiger charge is 2.22. The predicted octanol–water partition coefficient (Wildman–Crippen LogP) is 24.5. The van der Waals surface area contributed by atoms with Crippen LogP contribution in [0.2, 0.25) is 0 Å². The summed E-state index contributed by atoms with van der Waals surface area (Å²) < 4.78 is 0. The van der Waals surface area contributed by atoms with Crippen molar-refractivity contribution in [3.05, 3.63) is 387 Å². The summed E-state index contributed by atoms with van der Waals surface area (Å²) in [5.74, 6) is 3.30. The molecule has 8 nitrogen and oxygen atoms in total. The van der Waals surface area contributed by atoms with Crippen LogP contribution in [0.25, 0.3) is 173 Å². The molecule has 0 spiro atoms. The number of nitrogens with zero attached hydrogens (tertiary/aromatic N) is 8. The molecule has 3 heterocycles. The number of rotatable bonds is 14. The zero-order chi connectivity index (χ0) is 69.3. The standard InChI is InChI=1S/C49H33N5.C46H31N3/c1-6-16-36(17-7-1)43-44(37-18-8-2-9-19-37)50-46(51-45(43)38-20-10-3-11-21-38)41-30-26-34(27-31-41)35-28-32-42(33-29-35)49-53-47(39-22-12-4-13-23-39)52-48(54-49)40-24-14-5-15-25-40;1-31-44(37-12-5-3-6-13-37)48-46(39-14-7-4-8-15-39)49-45(31)38-23-19-35(20-24-38)42-30-27-34-11-9-10-16-41(34)43(42)36-21-17-32(18-22-36)33-25-28-40(47-2)29-26-33/h1-33H;3-30H,1H3. The zero-order valence-corrected chi connectivity index (χ0v) is 56.3. The molecule has 0 N–H and O–H groups in total. The smallest absolute Gasteiger partial charge is 0.187 e. The third-order valence-electron chi connectivity index (χ3n) is 18.5. The van der Waals surface area contributed by atoms with Gasteiger partial charge in [-0.05, 0) is 67.8 Å². The summed E-state index contributed by atoms with van der Waals surface area (Å²) >= 11 is 0. The van der Waals surface area contributed by atoms with Crippen molar-refractivity contribution in [1.82, 2.24) is 34.9 Å². The monoisotopic (exact) mass is 1320 g/mol. The third kappa shape index (κ3) is 13.7. The quantitative estimate of drug-likeness (QED) is 0.100. The van der Waals surface area contributed by atoms with Crippen molar-refractivity contribution in [3.63, 3.8) is 0 Å². The van der Waals surface area contributed by atoms with Crippen molar-refractivity contribution >= 4 is 16.5 Å². The van der Waals surface area contributed by atoms with Crippen LogP contribution < -0.4 is 0 Å². The maximum Gasteiger partial charge on any atom is 0.187 e. The number of fused-ring (bicyclic) bond motifs is 1. The minimum absolute atomic E-state index is 0.629. The van der Waals surface area contributed by atoms with Gasteiger partial charge < -0.3 is 0 Å². The molecule has 14 aromatic carbocycles. The van der Waals surface area contributed by atoms with Crippen LogP contribution in [-0.4, -0.2) is 34.9 Å². The average molecular weight is 1320 g/mol. The molecule has 0 fully saturated rings. The first kappa shape index (κ1) is 63.7. The Morgan fingerprint density at radius 1 is 0.204 bits per heavy atom. The average Bonchev–Trinajstić information content (AvgIpc) is 0.777. The molecule has 0 saturated heterocycles. The molecule has 0 unspecified atom stereocenters. The molecule has 17 rings (SSSR count). The zero-order valence-electron chi connectivity index (χ0n) is 56.3. The Hall–Kier alpha value is -14.0. The minimum atomic E-state index is 0.629. The van der Waals surface area contributed by atoms with Crippen LogP contribution >= 0.6 is 0 Å². The predicted molar refractivity (Wildman–Crippen MR) is 422 cm³/mol. The topological polar surface area (TPSA) is 94.6 Å². The van der Waals surface area contributed by atoms with E-state index in [2.05, 4.69) is 254 Å². The summed E-state index contributed by atoms with van der Waals surface area (Å²) in [7, 11) is 0. The van der Waals surface area contributed by atoms with Crippen molar-refractivity contribution in [2.75, 3.05) is 0 Å². The van der Waals surface area contributed by atoms with Gasteiger partial charge in [0.15, 0.2) is 34.8 Å². The van der Waals surface area contributed by atoms with Crippen LogP contribution in [0.5, 0.6) is 0 Å². The summed E-state index contributed by atoms with van der Waals surface area (Å²) in [5.41, 5.74) is 25.5. The summed E-state index contributed by atoms with van der Waals surface area (Å²) in [6, 6.07) is 127. The molecule has 3 aromatic heterocycles. The lowest BCUT2D eigenvalue weighted by Crippen LogP contribution is -2.00. The molecule has 484 valence electrons. The Labute approximate surface area is 599 Å². The van der Waals surface area contributed by atoms with Gasteiger partial charge in [0.1, 0.15) is 0 Å². The van der Waals surface area contributed by atoms with Gasteiger partial charge in [-0.2, -0.15) is 0 Å². The van der Waals surface area contributed by atoms with E-state index in [0.29, 0.717) is 34.8 Å². The van der Waals surface area contributed by atoms with E-state index >= 15 is 0 Å². The van der Waals surface area contributed by atoms with Crippen molar-refractivity contribution in [2.24, 2.45) is 0 Å². The van der Waals surface area contributed by atoms with E-state index in [1.807, 2.05) is 127 Å². The number of hydrogen-bond acceptors (Lipinski definition) is 7. The van der Waals surface area contributed by atoms with Crippen LogP contribution in [0.1, 0.15) is 5.56 Å². The maximum absolute atomic E-state index is 7.27. The molecule has 0 bridgehead atoms. The van der Waals surface area contributed by atoms with Gasteiger partial charge >= 0.3 is 0 Å². The number of aromatic nitrogens is 7. The van der Waals surface area contributed by atoms with Gasteiger partial charge in [-0.3, -0.25) is 0 Å². The first-order valence-electron chi connectivity index (χ1n) is 34.3. The Balaban J connectivity index is 0.000000160. The third-order valence-corrected chi connectivity index (χ3v) is 18.5. The van der Waals surface area contributed by atoms with E-state index in [1.165, 1.54) is 21.9 Å². The molecule has 0 aliphatic heterocycles. The van der Waals surface area contributed by atoms with Gasteiger partial charge in [-0.1, -0.05) is 370 Å². The lowest BCUT2D eigenvalue weighted by molar-refractivity contribution is 1.07. The Bertz CT molecular complexity index is 5720. The second kappa shape index (κ2) is 29.2. The molecule has 17 aromatic rings. The maximum atomic E-state index is 7.27. The highest BCUT2D eigenvalue weighted by molar-refractivity contribution is 6.04. The lowest BCUT2D eigenvalue weighted by Gasteiger charge is -2.17. The molecule has 0 aliphatic rings. The van der Waals surface area contributed by atoms with Gasteiger partial charge in [-0.15, -0.1) is 0 Å². The summed E-state index contributed by atoms with van der Waals surface area (Å²) in [6.45, 7) is 9.38. The van der Waals surface area contributed by atoms with Gasteiger partial charge in [-0.25, -0.2) is 39.7 Å². The van der Waals surface area contributed by atoms with E-state index in [4.69, 9.17) is 41.5 Å². The van der Waals surface area contributed by atoms with Crippen LogP contribution in [0.3, 0.4) is 0 Å². The molecule has 103 heavy (non-hydrogen) atoms. The van der Waals surface area contributed by atoms with Crippen molar-refractivity contribution in [1.29, 1.82) is 0 Å². The second-order valence-electron chi connectivity index (χ2n) is 25.0. The van der Waals surface area contributed by atoms with Crippen molar-refractivity contribution in [2.45, 2.75) is 6.92 Å². The SMILES string of the molecule is [C-]#[N+]c1ccc(-c2ccc(-c3c(-c4ccc(-c5nc(-c6ccccc6)nc(-c6ccccc6)c5C)cc4)ccc4ccccc34)cc2)cc1.c1ccc(-c2nc(-c3ccccc3)nc(-c3ccc(-c4ccc(-c5nc(-c6ccccc6)c(-c6ccccc6)c(-c6ccccc6)n5)cc4)cc3)n2)cc1. The van der Waals surface area contributed by atoms with Crippen LogP contribution in [0.15, 0.2) is 370 Å². The fourth-order valence-corrected chi connectivity index (χ4v) is 13.2. The first-order valence-corrected chi connectivity index (χ1v) is 34.3. The summed E-state index contributed by atoms with van der Waals surface area (Å²) in [6.07, 6.45) is 0. The Morgan fingerprint density at radius 3 is 0.864 bits per heavy atom. The molecule has 0 aliphatic carbocycles. The van der Waals surface area contributed by atoms with Gasteiger partial charge in [0.05, 0.1) is 29.3 Å². The Kier molecular flexibility index (Phi) is 18.1. The van der Waals surface area contributed by atoms with E-state index in [9.17, 15) is 0 Å². The number of benzene rings is 14. The normalized spacial score (nSPS) is 11.0. The van der Waals surface area contributed by atoms with E-state index in [-0.39, 0.29) is 0 Å². The van der Waals surface area contributed by atoms with E-state index in [1.54, 1.807) is 0 Å². The van der Waals surface area contributed by atoms with Gasteiger partial charge in [0.25, 0.3) is 0 Å². The van der Waals surface area contributed by atoms with E-state index < -0.39 is 0 Å². The van der Waals surface area contributed by atoms with Gasteiger partial charge in [0, 0.05) is 61.2 Å².